The Morgan fingerprint density at radius 2 is 2.03 bits per heavy atom. The molecule has 1 fully saturated rings. The molecule has 1 aliphatic heterocycles. The maximum atomic E-state index is 14.4. The Labute approximate surface area is 177 Å². The van der Waals surface area contributed by atoms with Crippen molar-refractivity contribution >= 4 is 39.1 Å². The molecule has 0 bridgehead atoms. The van der Waals surface area contributed by atoms with E-state index in [1.165, 1.54) is 24.5 Å². The van der Waals surface area contributed by atoms with Gasteiger partial charge in [0.2, 0.25) is 5.91 Å². The molecule has 8 heteroatoms. The Kier molecular flexibility index (Phi) is 6.06. The van der Waals surface area contributed by atoms with Crippen molar-refractivity contribution < 1.29 is 18.7 Å². The van der Waals surface area contributed by atoms with Crippen molar-refractivity contribution in [1.29, 1.82) is 0 Å². The van der Waals surface area contributed by atoms with Crippen molar-refractivity contribution in [3.63, 3.8) is 0 Å². The first kappa shape index (κ1) is 20.4. The molecule has 3 heterocycles. The summed E-state index contributed by atoms with van der Waals surface area (Å²) in [5, 5.41) is 3.28. The van der Waals surface area contributed by atoms with E-state index in [2.05, 4.69) is 10.3 Å². The Bertz CT molecular complexity index is 1060. The van der Waals surface area contributed by atoms with Gasteiger partial charge in [-0.3, -0.25) is 9.59 Å². The van der Waals surface area contributed by atoms with Gasteiger partial charge < -0.3 is 15.0 Å². The fourth-order valence-corrected chi connectivity index (χ4v) is 4.97. The fraction of sp³-hybridized carbons (Fsp3) is 0.318. The lowest BCUT2D eigenvalue weighted by molar-refractivity contribution is -0.121. The minimum atomic E-state index is -0.347. The molecule has 0 spiro atoms. The molecule has 156 valence electrons. The number of ether oxygens (including phenoxy) is 1. The number of thiophene rings is 1. The molecule has 30 heavy (non-hydrogen) atoms. The molecule has 1 N–H and O–H groups in total. The molecule has 4 rings (SSSR count). The summed E-state index contributed by atoms with van der Waals surface area (Å²) in [7, 11) is 1.53. The first-order valence-corrected chi connectivity index (χ1v) is 10.6. The highest BCUT2D eigenvalue weighted by molar-refractivity contribution is 7.21. The van der Waals surface area contributed by atoms with E-state index in [-0.39, 0.29) is 30.2 Å². The topological polar surface area (TPSA) is 71.5 Å². The summed E-state index contributed by atoms with van der Waals surface area (Å²) in [5.74, 6) is -0.206. The molecule has 0 radical (unpaired) electrons. The van der Waals surface area contributed by atoms with Crippen LogP contribution in [0.15, 0.2) is 42.6 Å². The molecule has 0 atom stereocenters. The fourth-order valence-electron chi connectivity index (χ4n) is 3.78. The monoisotopic (exact) mass is 427 g/mol. The number of methoxy groups -OCH3 is 1. The molecule has 1 aromatic carbocycles. The minimum Gasteiger partial charge on any atom is -0.380 e. The maximum Gasteiger partial charge on any atom is 0.264 e. The average molecular weight is 428 g/mol. The third-order valence-corrected chi connectivity index (χ3v) is 6.50. The number of anilines is 1. The number of amides is 2. The number of carbonyl (C=O) groups excluding carboxylic acids is 2. The first-order chi connectivity index (χ1) is 14.6. The maximum absolute atomic E-state index is 14.4. The molecule has 1 saturated heterocycles. The van der Waals surface area contributed by atoms with Gasteiger partial charge in [0.15, 0.2) is 0 Å². The van der Waals surface area contributed by atoms with E-state index >= 15 is 0 Å². The van der Waals surface area contributed by atoms with Crippen LogP contribution < -0.4 is 5.32 Å². The van der Waals surface area contributed by atoms with Crippen molar-refractivity contribution in [3.05, 3.63) is 58.9 Å². The largest absolute Gasteiger partial charge is 0.380 e. The second-order valence-corrected chi connectivity index (χ2v) is 8.28. The highest BCUT2D eigenvalue weighted by Crippen LogP contribution is 2.35. The van der Waals surface area contributed by atoms with Gasteiger partial charge in [-0.25, -0.2) is 9.37 Å². The van der Waals surface area contributed by atoms with Gasteiger partial charge in [0.05, 0.1) is 11.5 Å². The number of nitrogens with one attached hydrogen (secondary N) is 1. The lowest BCUT2D eigenvalue weighted by Gasteiger charge is -2.31. The zero-order valence-corrected chi connectivity index (χ0v) is 17.4. The van der Waals surface area contributed by atoms with Gasteiger partial charge in [-0.05, 0) is 37.1 Å². The van der Waals surface area contributed by atoms with Crippen LogP contribution in [-0.2, 0) is 16.1 Å². The summed E-state index contributed by atoms with van der Waals surface area (Å²) < 4.78 is 20.4. The third-order valence-electron chi connectivity index (χ3n) is 5.32. The van der Waals surface area contributed by atoms with Crippen LogP contribution in [0, 0.1) is 11.7 Å². The van der Waals surface area contributed by atoms with Crippen LogP contribution in [-0.4, -0.2) is 41.9 Å². The summed E-state index contributed by atoms with van der Waals surface area (Å²) in [6, 6.07) is 10.2. The Hall–Kier alpha value is -2.84. The van der Waals surface area contributed by atoms with Crippen LogP contribution in [0.3, 0.4) is 0 Å². The lowest BCUT2D eigenvalue weighted by atomic mass is 9.95. The SMILES string of the molecule is COCc1c(C(=O)N2CCC(C(=O)Nc3ccccn3)CC2)sc2cccc(F)c12. The second-order valence-electron chi connectivity index (χ2n) is 7.23. The minimum absolute atomic E-state index is 0.0789. The molecular formula is C22H22FN3O3S. The summed E-state index contributed by atoms with van der Waals surface area (Å²) in [6.07, 6.45) is 2.77. The Balaban J connectivity index is 1.46. The van der Waals surface area contributed by atoms with Crippen LogP contribution in [0.1, 0.15) is 28.1 Å². The molecule has 0 unspecified atom stereocenters. The van der Waals surface area contributed by atoms with Gasteiger partial charge in [-0.1, -0.05) is 12.1 Å². The number of likely N-dealkylation sites (tertiary alicyclic amines) is 1. The van der Waals surface area contributed by atoms with Gasteiger partial charge >= 0.3 is 0 Å². The van der Waals surface area contributed by atoms with Crippen LogP contribution in [0.2, 0.25) is 0 Å². The van der Waals surface area contributed by atoms with Crippen molar-refractivity contribution in [2.75, 3.05) is 25.5 Å². The van der Waals surface area contributed by atoms with Gasteiger partial charge in [0.25, 0.3) is 5.91 Å². The summed E-state index contributed by atoms with van der Waals surface area (Å²) in [4.78, 5) is 32.1. The normalized spacial score (nSPS) is 14.8. The molecular weight excluding hydrogens is 405 g/mol. The zero-order chi connectivity index (χ0) is 21.1. The average Bonchev–Trinajstić information content (AvgIpc) is 3.14. The number of fused-ring (bicyclic) bond motifs is 1. The first-order valence-electron chi connectivity index (χ1n) is 9.78. The smallest absolute Gasteiger partial charge is 0.264 e. The number of hydrogen-bond acceptors (Lipinski definition) is 5. The number of benzene rings is 1. The van der Waals surface area contributed by atoms with Crippen LogP contribution in [0.25, 0.3) is 10.1 Å². The zero-order valence-electron chi connectivity index (χ0n) is 16.6. The van der Waals surface area contributed by atoms with Gasteiger partial charge in [-0.2, -0.15) is 0 Å². The predicted octanol–water partition coefficient (Wildman–Crippen LogP) is 4.07. The number of piperidine rings is 1. The van der Waals surface area contributed by atoms with E-state index in [9.17, 15) is 14.0 Å². The Morgan fingerprint density at radius 3 is 2.73 bits per heavy atom. The predicted molar refractivity (Wildman–Crippen MR) is 114 cm³/mol. The molecule has 2 amide bonds. The summed E-state index contributed by atoms with van der Waals surface area (Å²) in [6.45, 7) is 1.12. The molecule has 3 aromatic rings. The van der Waals surface area contributed by atoms with Gasteiger partial charge in [0, 0.05) is 48.0 Å². The molecule has 6 nitrogen and oxygen atoms in total. The van der Waals surface area contributed by atoms with Crippen LogP contribution in [0.4, 0.5) is 10.2 Å². The van der Waals surface area contributed by atoms with Crippen molar-refractivity contribution in [2.45, 2.75) is 19.4 Å². The van der Waals surface area contributed by atoms with Gasteiger partial charge in [-0.15, -0.1) is 11.3 Å². The summed E-state index contributed by atoms with van der Waals surface area (Å²) in [5.41, 5.74) is 0.593. The molecule has 0 saturated carbocycles. The van der Waals surface area contributed by atoms with E-state index in [0.29, 0.717) is 47.6 Å². The van der Waals surface area contributed by atoms with Crippen molar-refractivity contribution in [1.82, 2.24) is 9.88 Å². The number of pyridine rings is 1. The summed E-state index contributed by atoms with van der Waals surface area (Å²) >= 11 is 1.29. The Morgan fingerprint density at radius 1 is 1.23 bits per heavy atom. The molecule has 2 aromatic heterocycles. The van der Waals surface area contributed by atoms with Gasteiger partial charge in [0.1, 0.15) is 11.6 Å². The highest BCUT2D eigenvalue weighted by Gasteiger charge is 2.30. The standard InChI is InChI=1S/C22H22FN3O3S/c1-29-13-15-19-16(23)5-4-6-17(19)30-20(15)22(28)26-11-8-14(9-12-26)21(27)25-18-7-2-3-10-24-18/h2-7,10,14H,8-9,11-13H2,1H3,(H,24,25,27). The van der Waals surface area contributed by atoms with Crippen molar-refractivity contribution in [2.24, 2.45) is 5.92 Å². The number of hydrogen-bond donors (Lipinski definition) is 1. The van der Waals surface area contributed by atoms with Crippen LogP contribution in [0.5, 0.6) is 0 Å². The second kappa shape index (κ2) is 8.89. The number of carbonyl (C=O) groups is 2. The highest BCUT2D eigenvalue weighted by atomic mass is 32.1. The van der Waals surface area contributed by atoms with Crippen LogP contribution >= 0.6 is 11.3 Å². The third kappa shape index (κ3) is 4.06. The van der Waals surface area contributed by atoms with E-state index in [1.807, 2.05) is 12.1 Å². The lowest BCUT2D eigenvalue weighted by Crippen LogP contribution is -2.41. The number of nitrogens with zero attached hydrogens (tertiary/aromatic N) is 2. The van der Waals surface area contributed by atoms with E-state index in [0.717, 1.165) is 4.70 Å². The quantitative estimate of drug-likeness (QED) is 0.666. The number of halogens is 1. The van der Waals surface area contributed by atoms with Crippen molar-refractivity contribution in [3.8, 4) is 0 Å². The number of aromatic nitrogens is 1. The van der Waals surface area contributed by atoms with E-state index in [4.69, 9.17) is 4.74 Å². The van der Waals surface area contributed by atoms with E-state index in [1.54, 1.807) is 29.3 Å². The molecule has 1 aliphatic rings. The number of rotatable bonds is 5. The van der Waals surface area contributed by atoms with E-state index < -0.39 is 0 Å². The molecule has 0 aliphatic carbocycles.